The predicted molar refractivity (Wildman–Crippen MR) is 77.0 cm³/mol. The number of anilines is 1. The molecule has 0 heterocycles. The number of benzene rings is 2. The van der Waals surface area contributed by atoms with Gasteiger partial charge in [-0.2, -0.15) is 0 Å². The second-order valence-electron chi connectivity index (χ2n) is 4.38. The van der Waals surface area contributed by atoms with Crippen molar-refractivity contribution in [1.29, 1.82) is 0 Å². The molecule has 0 amide bonds. The summed E-state index contributed by atoms with van der Waals surface area (Å²) in [5.74, 6) is 0.334. The molecule has 2 aromatic rings. The van der Waals surface area contributed by atoms with Gasteiger partial charge in [0.25, 0.3) is 0 Å². The van der Waals surface area contributed by atoms with E-state index >= 15 is 0 Å². The van der Waals surface area contributed by atoms with E-state index in [-0.39, 0.29) is 18.0 Å². The molecule has 2 aromatic carbocycles. The maximum absolute atomic E-state index is 12.8. The Morgan fingerprint density at radius 3 is 2.50 bits per heavy atom. The SMILES string of the molecule is CNc1cc(OC)ccc1CC(=O)c1ccc(F)cc1. The third kappa shape index (κ3) is 3.15. The van der Waals surface area contributed by atoms with Crippen LogP contribution in [0.25, 0.3) is 0 Å². The molecule has 0 saturated carbocycles. The lowest BCUT2D eigenvalue weighted by Crippen LogP contribution is -2.06. The summed E-state index contributed by atoms with van der Waals surface area (Å²) in [5, 5.41) is 3.04. The van der Waals surface area contributed by atoms with Crippen LogP contribution in [0.2, 0.25) is 0 Å². The van der Waals surface area contributed by atoms with Gasteiger partial charge in [0, 0.05) is 30.8 Å². The van der Waals surface area contributed by atoms with Gasteiger partial charge in [-0.15, -0.1) is 0 Å². The third-order valence-corrected chi connectivity index (χ3v) is 3.10. The Morgan fingerprint density at radius 2 is 1.90 bits per heavy atom. The standard InChI is InChI=1S/C16H16FNO2/c1-18-15-10-14(20-2)8-5-12(15)9-16(19)11-3-6-13(17)7-4-11/h3-8,10,18H,9H2,1-2H3. The van der Waals surface area contributed by atoms with Crippen molar-refractivity contribution in [2.24, 2.45) is 0 Å². The molecule has 0 saturated heterocycles. The summed E-state index contributed by atoms with van der Waals surface area (Å²) in [6, 6.07) is 11.1. The molecular weight excluding hydrogens is 257 g/mol. The Bertz CT molecular complexity index is 608. The van der Waals surface area contributed by atoms with Gasteiger partial charge in [-0.1, -0.05) is 6.07 Å². The lowest BCUT2D eigenvalue weighted by atomic mass is 10.0. The zero-order valence-electron chi connectivity index (χ0n) is 11.4. The van der Waals surface area contributed by atoms with E-state index in [4.69, 9.17) is 4.74 Å². The first-order valence-corrected chi connectivity index (χ1v) is 6.27. The molecule has 0 aliphatic rings. The molecule has 0 fully saturated rings. The van der Waals surface area contributed by atoms with Gasteiger partial charge in [0.05, 0.1) is 7.11 Å². The number of methoxy groups -OCH3 is 1. The zero-order valence-corrected chi connectivity index (χ0v) is 11.4. The van der Waals surface area contributed by atoms with Crippen LogP contribution >= 0.6 is 0 Å². The second kappa shape index (κ2) is 6.19. The van der Waals surface area contributed by atoms with Gasteiger partial charge >= 0.3 is 0 Å². The highest BCUT2D eigenvalue weighted by molar-refractivity contribution is 5.98. The summed E-state index contributed by atoms with van der Waals surface area (Å²) >= 11 is 0. The van der Waals surface area contributed by atoms with Crippen molar-refractivity contribution in [2.75, 3.05) is 19.5 Å². The van der Waals surface area contributed by atoms with Gasteiger partial charge in [-0.3, -0.25) is 4.79 Å². The average molecular weight is 273 g/mol. The van der Waals surface area contributed by atoms with Crippen LogP contribution in [0.3, 0.4) is 0 Å². The largest absolute Gasteiger partial charge is 0.497 e. The molecule has 2 rings (SSSR count). The Hall–Kier alpha value is -2.36. The van der Waals surface area contributed by atoms with Crippen LogP contribution in [0.15, 0.2) is 42.5 Å². The van der Waals surface area contributed by atoms with Gasteiger partial charge in [0.1, 0.15) is 11.6 Å². The number of ketones is 1. The van der Waals surface area contributed by atoms with Crippen molar-refractivity contribution in [3.8, 4) is 5.75 Å². The second-order valence-corrected chi connectivity index (χ2v) is 4.38. The van der Waals surface area contributed by atoms with Gasteiger partial charge in [0.2, 0.25) is 0 Å². The van der Waals surface area contributed by atoms with E-state index in [1.54, 1.807) is 14.2 Å². The van der Waals surface area contributed by atoms with Gasteiger partial charge in [0.15, 0.2) is 5.78 Å². The molecular formula is C16H16FNO2. The lowest BCUT2D eigenvalue weighted by molar-refractivity contribution is 0.0993. The number of carbonyl (C=O) groups is 1. The Balaban J connectivity index is 2.21. The number of hydrogen-bond donors (Lipinski definition) is 1. The first kappa shape index (κ1) is 14.1. The summed E-state index contributed by atoms with van der Waals surface area (Å²) in [6.45, 7) is 0. The molecule has 4 heteroatoms. The van der Waals surface area contributed by atoms with Crippen LogP contribution < -0.4 is 10.1 Å². The maximum Gasteiger partial charge on any atom is 0.167 e. The first-order chi connectivity index (χ1) is 9.63. The van der Waals surface area contributed by atoms with Crippen LogP contribution in [-0.4, -0.2) is 19.9 Å². The molecule has 20 heavy (non-hydrogen) atoms. The number of hydrogen-bond acceptors (Lipinski definition) is 3. The van der Waals surface area contributed by atoms with Crippen molar-refractivity contribution < 1.29 is 13.9 Å². The highest BCUT2D eigenvalue weighted by atomic mass is 19.1. The van der Waals surface area contributed by atoms with Gasteiger partial charge in [-0.05, 0) is 35.9 Å². The Labute approximate surface area is 117 Å². The molecule has 0 radical (unpaired) electrons. The van der Waals surface area contributed by atoms with E-state index in [9.17, 15) is 9.18 Å². The predicted octanol–water partition coefficient (Wildman–Crippen LogP) is 3.30. The van der Waals surface area contributed by atoms with Gasteiger partial charge in [-0.25, -0.2) is 4.39 Å². The van der Waals surface area contributed by atoms with E-state index in [0.717, 1.165) is 17.0 Å². The van der Waals surface area contributed by atoms with Crippen LogP contribution in [0, 0.1) is 5.82 Å². The zero-order chi connectivity index (χ0) is 14.5. The summed E-state index contributed by atoms with van der Waals surface area (Å²) in [6.07, 6.45) is 0.256. The number of rotatable bonds is 5. The topological polar surface area (TPSA) is 38.3 Å². The lowest BCUT2D eigenvalue weighted by Gasteiger charge is -2.10. The van der Waals surface area contributed by atoms with Crippen LogP contribution in [0.4, 0.5) is 10.1 Å². The molecule has 0 aromatic heterocycles. The number of carbonyl (C=O) groups excluding carboxylic acids is 1. The van der Waals surface area contributed by atoms with E-state index < -0.39 is 0 Å². The summed E-state index contributed by atoms with van der Waals surface area (Å²) < 4.78 is 18.0. The van der Waals surface area contributed by atoms with Gasteiger partial charge < -0.3 is 10.1 Å². The Kier molecular flexibility index (Phi) is 4.35. The summed E-state index contributed by atoms with van der Waals surface area (Å²) in [4.78, 5) is 12.2. The average Bonchev–Trinajstić information content (AvgIpc) is 2.48. The van der Waals surface area contributed by atoms with Crippen molar-refractivity contribution >= 4 is 11.5 Å². The van der Waals surface area contributed by atoms with Crippen molar-refractivity contribution in [2.45, 2.75) is 6.42 Å². The van der Waals surface area contributed by atoms with E-state index in [2.05, 4.69) is 5.32 Å². The number of nitrogens with one attached hydrogen (secondary N) is 1. The van der Waals surface area contributed by atoms with Crippen molar-refractivity contribution in [1.82, 2.24) is 0 Å². The highest BCUT2D eigenvalue weighted by Crippen LogP contribution is 2.23. The van der Waals surface area contributed by atoms with Crippen molar-refractivity contribution in [3.63, 3.8) is 0 Å². The van der Waals surface area contributed by atoms with E-state index in [0.29, 0.717) is 5.56 Å². The minimum atomic E-state index is -0.345. The molecule has 3 nitrogen and oxygen atoms in total. The molecule has 0 unspecified atom stereocenters. The third-order valence-electron chi connectivity index (χ3n) is 3.10. The normalized spacial score (nSPS) is 10.2. The highest BCUT2D eigenvalue weighted by Gasteiger charge is 2.11. The van der Waals surface area contributed by atoms with Crippen LogP contribution in [-0.2, 0) is 6.42 Å². The molecule has 0 bridgehead atoms. The fraction of sp³-hybridized carbons (Fsp3) is 0.188. The smallest absolute Gasteiger partial charge is 0.167 e. The minimum Gasteiger partial charge on any atom is -0.497 e. The monoisotopic (exact) mass is 273 g/mol. The van der Waals surface area contributed by atoms with Crippen LogP contribution in [0.5, 0.6) is 5.75 Å². The minimum absolute atomic E-state index is 0.0494. The number of halogens is 1. The molecule has 0 aliphatic carbocycles. The van der Waals surface area contributed by atoms with E-state index in [1.807, 2.05) is 18.2 Å². The maximum atomic E-state index is 12.8. The quantitative estimate of drug-likeness (QED) is 0.849. The summed E-state index contributed by atoms with van der Waals surface area (Å²) in [7, 11) is 3.39. The number of ether oxygens (including phenoxy) is 1. The van der Waals surface area contributed by atoms with E-state index in [1.165, 1.54) is 24.3 Å². The summed E-state index contributed by atoms with van der Waals surface area (Å²) in [5.41, 5.74) is 2.23. The van der Waals surface area contributed by atoms with Crippen LogP contribution in [0.1, 0.15) is 15.9 Å². The molecule has 0 atom stereocenters. The first-order valence-electron chi connectivity index (χ1n) is 6.27. The molecule has 1 N–H and O–H groups in total. The fourth-order valence-corrected chi connectivity index (χ4v) is 1.98. The number of Topliss-reactive ketones (excluding diaryl/α,β-unsaturated/α-hetero) is 1. The Morgan fingerprint density at radius 1 is 1.20 bits per heavy atom. The molecule has 0 aliphatic heterocycles. The van der Waals surface area contributed by atoms with Crippen molar-refractivity contribution in [3.05, 3.63) is 59.4 Å². The fourth-order valence-electron chi connectivity index (χ4n) is 1.98. The molecule has 0 spiro atoms. The molecule has 104 valence electrons.